The molecule has 2 heterocycles. The minimum Gasteiger partial charge on any atom is -0.493 e. The Morgan fingerprint density at radius 1 is 0.895 bits per heavy atom. The summed E-state index contributed by atoms with van der Waals surface area (Å²) in [4.78, 5) is 44.7. The molecule has 192 valence electrons. The van der Waals surface area contributed by atoms with E-state index in [1.807, 2.05) is 41.3 Å². The number of ketones is 2. The third-order valence-electron chi connectivity index (χ3n) is 8.01. The van der Waals surface area contributed by atoms with Gasteiger partial charge in [0.05, 0.1) is 26.9 Å². The lowest BCUT2D eigenvalue weighted by Crippen LogP contribution is -2.48. The van der Waals surface area contributed by atoms with E-state index in [4.69, 9.17) is 14.2 Å². The van der Waals surface area contributed by atoms with E-state index in [2.05, 4.69) is 0 Å². The lowest BCUT2D eigenvalue weighted by atomic mass is 9.64. The molecule has 1 aliphatic carbocycles. The lowest BCUT2D eigenvalue weighted by Gasteiger charge is -2.36. The Bertz CT molecular complexity index is 1470. The van der Waals surface area contributed by atoms with Gasteiger partial charge in [0.1, 0.15) is 11.5 Å². The van der Waals surface area contributed by atoms with Gasteiger partial charge in [0.2, 0.25) is 0 Å². The summed E-state index contributed by atoms with van der Waals surface area (Å²) in [5.41, 5.74) is 1.47. The van der Waals surface area contributed by atoms with Gasteiger partial charge in [-0.1, -0.05) is 60.7 Å². The highest BCUT2D eigenvalue weighted by Crippen LogP contribution is 2.61. The second-order valence-corrected chi connectivity index (χ2v) is 9.63. The molecule has 6 rings (SSSR count). The zero-order chi connectivity index (χ0) is 26.6. The second kappa shape index (κ2) is 8.87. The van der Waals surface area contributed by atoms with Crippen LogP contribution in [0.2, 0.25) is 0 Å². The van der Waals surface area contributed by atoms with Crippen molar-refractivity contribution in [2.24, 2.45) is 5.41 Å². The third kappa shape index (κ3) is 3.05. The SMILES string of the molecule is CCOC(=O)[C@H]1[C@H](c2ccc(OC)c(OC)c2)C2(C(=O)c3ccccc3C2=O)C2C=Cc3ccccc3N21. The number of para-hydroxylation sites is 1. The quantitative estimate of drug-likeness (QED) is 0.364. The fourth-order valence-electron chi connectivity index (χ4n) is 6.54. The summed E-state index contributed by atoms with van der Waals surface area (Å²) < 4.78 is 16.6. The first-order valence-electron chi connectivity index (χ1n) is 12.6. The van der Waals surface area contributed by atoms with Gasteiger partial charge >= 0.3 is 5.97 Å². The number of nitrogens with zero attached hydrogens (tertiary/aromatic N) is 1. The first kappa shape index (κ1) is 24.0. The van der Waals surface area contributed by atoms with Gasteiger partial charge in [0, 0.05) is 22.7 Å². The van der Waals surface area contributed by atoms with Gasteiger partial charge in [0.25, 0.3) is 0 Å². The largest absolute Gasteiger partial charge is 0.493 e. The van der Waals surface area contributed by atoms with Crippen molar-refractivity contribution < 1.29 is 28.6 Å². The molecule has 3 aliphatic rings. The smallest absolute Gasteiger partial charge is 0.329 e. The molecule has 1 unspecified atom stereocenters. The fourth-order valence-corrected chi connectivity index (χ4v) is 6.54. The van der Waals surface area contributed by atoms with E-state index in [0.717, 1.165) is 11.3 Å². The number of anilines is 1. The van der Waals surface area contributed by atoms with Crippen LogP contribution in [0.25, 0.3) is 6.08 Å². The molecule has 7 nitrogen and oxygen atoms in total. The Balaban J connectivity index is 1.68. The minimum atomic E-state index is -1.58. The molecule has 38 heavy (non-hydrogen) atoms. The van der Waals surface area contributed by atoms with Crippen LogP contribution in [-0.2, 0) is 9.53 Å². The molecular weight excluding hydrogens is 482 g/mol. The molecule has 7 heteroatoms. The number of carbonyl (C=O) groups is 3. The molecular formula is C31H27NO6. The van der Waals surface area contributed by atoms with E-state index >= 15 is 0 Å². The van der Waals surface area contributed by atoms with Crippen LogP contribution in [0.1, 0.15) is 44.7 Å². The predicted molar refractivity (Wildman–Crippen MR) is 142 cm³/mol. The standard InChI is InChI=1S/C31H27NO6/c1-4-38-30(35)27-26(19-13-15-23(36-2)24(17-19)37-3)31(28(33)20-10-6-7-11-21(20)29(31)34)25-16-14-18-9-5-8-12-22(18)32(25)27/h5-17,25-27H,4H2,1-3H3/t25?,26-,27+/m0/s1. The van der Waals surface area contributed by atoms with Crippen molar-refractivity contribution in [3.05, 3.63) is 95.1 Å². The van der Waals surface area contributed by atoms with Crippen molar-refractivity contribution in [2.45, 2.75) is 24.9 Å². The first-order chi connectivity index (χ1) is 18.5. The fraction of sp³-hybridized carbons (Fsp3) is 0.258. The van der Waals surface area contributed by atoms with Gasteiger partial charge in [-0.3, -0.25) is 9.59 Å². The molecule has 0 amide bonds. The number of methoxy groups -OCH3 is 2. The maximum absolute atomic E-state index is 14.5. The Labute approximate surface area is 220 Å². The zero-order valence-corrected chi connectivity index (χ0v) is 21.3. The van der Waals surface area contributed by atoms with E-state index < -0.39 is 29.4 Å². The Hall–Kier alpha value is -4.39. The predicted octanol–water partition coefficient (Wildman–Crippen LogP) is 4.70. The summed E-state index contributed by atoms with van der Waals surface area (Å²) in [5, 5.41) is 0. The Morgan fingerprint density at radius 3 is 2.21 bits per heavy atom. The second-order valence-electron chi connectivity index (χ2n) is 9.63. The average molecular weight is 510 g/mol. The molecule has 1 fully saturated rings. The molecule has 1 spiro atoms. The topological polar surface area (TPSA) is 82.1 Å². The van der Waals surface area contributed by atoms with Crippen molar-refractivity contribution in [1.29, 1.82) is 0 Å². The van der Waals surface area contributed by atoms with Gasteiger partial charge in [-0.25, -0.2) is 4.79 Å². The summed E-state index contributed by atoms with van der Waals surface area (Å²) >= 11 is 0. The van der Waals surface area contributed by atoms with E-state index in [1.54, 1.807) is 56.5 Å². The molecule has 3 aromatic rings. The number of Topliss-reactive ketones (excluding diaryl/α,β-unsaturated/α-hetero) is 2. The maximum atomic E-state index is 14.5. The Kier molecular flexibility index (Phi) is 5.60. The van der Waals surface area contributed by atoms with Crippen molar-refractivity contribution in [2.75, 3.05) is 25.7 Å². The highest BCUT2D eigenvalue weighted by molar-refractivity contribution is 6.32. The van der Waals surface area contributed by atoms with Crippen LogP contribution in [0.5, 0.6) is 11.5 Å². The molecule has 0 saturated carbocycles. The first-order valence-corrected chi connectivity index (χ1v) is 12.6. The summed E-state index contributed by atoms with van der Waals surface area (Å²) in [6.07, 6.45) is 3.82. The monoisotopic (exact) mass is 509 g/mol. The van der Waals surface area contributed by atoms with Gasteiger partial charge < -0.3 is 19.1 Å². The highest BCUT2D eigenvalue weighted by Gasteiger charge is 2.72. The summed E-state index contributed by atoms with van der Waals surface area (Å²) in [7, 11) is 3.07. The average Bonchev–Trinajstić information content (AvgIpc) is 3.39. The van der Waals surface area contributed by atoms with Crippen LogP contribution in [-0.4, -0.2) is 50.4 Å². The Morgan fingerprint density at radius 2 is 1.55 bits per heavy atom. The van der Waals surface area contributed by atoms with E-state index in [1.165, 1.54) is 7.11 Å². The molecule has 0 bridgehead atoms. The number of benzene rings is 3. The van der Waals surface area contributed by atoms with E-state index in [0.29, 0.717) is 28.2 Å². The van der Waals surface area contributed by atoms with Gasteiger partial charge in [-0.15, -0.1) is 0 Å². The number of ether oxygens (including phenoxy) is 3. The lowest BCUT2D eigenvalue weighted by molar-refractivity contribution is -0.145. The third-order valence-corrected chi connectivity index (χ3v) is 8.01. The minimum absolute atomic E-state index is 0.166. The van der Waals surface area contributed by atoms with E-state index in [-0.39, 0.29) is 18.2 Å². The van der Waals surface area contributed by atoms with E-state index in [9.17, 15) is 14.4 Å². The van der Waals surface area contributed by atoms with Crippen molar-refractivity contribution >= 4 is 29.3 Å². The normalized spacial score (nSPS) is 22.2. The number of esters is 1. The maximum Gasteiger partial charge on any atom is 0.329 e. The molecule has 3 atom stereocenters. The van der Waals surface area contributed by atoms with Gasteiger partial charge in [0.15, 0.2) is 23.1 Å². The molecule has 1 saturated heterocycles. The molecule has 0 N–H and O–H groups in total. The number of hydrogen-bond acceptors (Lipinski definition) is 7. The molecule has 0 radical (unpaired) electrons. The summed E-state index contributed by atoms with van der Waals surface area (Å²) in [6, 6.07) is 18.2. The number of hydrogen-bond donors (Lipinski definition) is 0. The van der Waals surface area contributed by atoms with Crippen LogP contribution in [0.15, 0.2) is 72.8 Å². The van der Waals surface area contributed by atoms with Crippen molar-refractivity contribution in [3.8, 4) is 11.5 Å². The molecule has 0 aromatic heterocycles. The van der Waals surface area contributed by atoms with Crippen molar-refractivity contribution in [1.82, 2.24) is 0 Å². The van der Waals surface area contributed by atoms with Gasteiger partial charge in [-0.05, 0) is 36.2 Å². The number of rotatable bonds is 5. The van der Waals surface area contributed by atoms with Crippen LogP contribution in [0, 0.1) is 5.41 Å². The molecule has 3 aromatic carbocycles. The highest BCUT2D eigenvalue weighted by atomic mass is 16.5. The van der Waals surface area contributed by atoms with Crippen LogP contribution in [0.3, 0.4) is 0 Å². The zero-order valence-electron chi connectivity index (χ0n) is 21.3. The molecule has 2 aliphatic heterocycles. The van der Waals surface area contributed by atoms with Crippen LogP contribution in [0.4, 0.5) is 5.69 Å². The number of fused-ring (bicyclic) bond motifs is 5. The summed E-state index contributed by atoms with van der Waals surface area (Å²) in [5.74, 6) is -0.969. The van der Waals surface area contributed by atoms with Gasteiger partial charge in [-0.2, -0.15) is 0 Å². The van der Waals surface area contributed by atoms with Crippen LogP contribution >= 0.6 is 0 Å². The summed E-state index contributed by atoms with van der Waals surface area (Å²) in [6.45, 7) is 1.91. The van der Waals surface area contributed by atoms with Crippen LogP contribution < -0.4 is 14.4 Å². The number of carbonyl (C=O) groups excluding carboxylic acids is 3. The van der Waals surface area contributed by atoms with Crippen molar-refractivity contribution in [3.63, 3.8) is 0 Å².